The first-order valence-corrected chi connectivity index (χ1v) is 9.72. The summed E-state index contributed by atoms with van der Waals surface area (Å²) < 4.78 is 11.6. The molecule has 0 spiro atoms. The number of rotatable bonds is 7. The van der Waals surface area contributed by atoms with E-state index in [4.69, 9.17) is 9.26 Å². The third-order valence-corrected chi connectivity index (χ3v) is 4.89. The third kappa shape index (κ3) is 4.71. The highest BCUT2D eigenvalue weighted by Crippen LogP contribution is 2.11. The van der Waals surface area contributed by atoms with Gasteiger partial charge in [-0.3, -0.25) is 14.2 Å². The predicted molar refractivity (Wildman–Crippen MR) is 107 cm³/mol. The van der Waals surface area contributed by atoms with Crippen LogP contribution in [0.15, 0.2) is 58.1 Å². The van der Waals surface area contributed by atoms with Gasteiger partial charge in [0.05, 0.1) is 0 Å². The molecule has 10 heteroatoms. The van der Waals surface area contributed by atoms with Crippen LogP contribution in [0.2, 0.25) is 0 Å². The molecule has 3 aromatic rings. The Bertz CT molecular complexity index is 1010. The molecule has 1 aliphatic heterocycles. The van der Waals surface area contributed by atoms with Gasteiger partial charge in [0.15, 0.2) is 5.82 Å². The van der Waals surface area contributed by atoms with Crippen molar-refractivity contribution in [1.82, 2.24) is 29.5 Å². The van der Waals surface area contributed by atoms with Crippen LogP contribution in [0.25, 0.3) is 11.6 Å². The molecule has 1 fully saturated rings. The van der Waals surface area contributed by atoms with Crippen molar-refractivity contribution in [3.8, 4) is 17.4 Å². The van der Waals surface area contributed by atoms with Crippen molar-refractivity contribution in [2.45, 2.75) is 6.54 Å². The molecule has 1 saturated heterocycles. The maximum absolute atomic E-state index is 12.7. The first kappa shape index (κ1) is 19.8. The molecule has 30 heavy (non-hydrogen) atoms. The highest BCUT2D eigenvalue weighted by Gasteiger charge is 2.24. The molecule has 0 aliphatic carbocycles. The smallest absolute Gasteiger partial charge is 0.442 e. The molecule has 3 heterocycles. The van der Waals surface area contributed by atoms with E-state index in [1.807, 2.05) is 30.3 Å². The lowest BCUT2D eigenvalue weighted by Crippen LogP contribution is -2.50. The van der Waals surface area contributed by atoms with Crippen LogP contribution in [-0.4, -0.2) is 74.7 Å². The van der Waals surface area contributed by atoms with E-state index >= 15 is 0 Å². The number of hydrogen-bond donors (Lipinski definition) is 0. The van der Waals surface area contributed by atoms with Crippen molar-refractivity contribution in [3.05, 3.63) is 59.3 Å². The fourth-order valence-electron chi connectivity index (χ4n) is 3.25. The van der Waals surface area contributed by atoms with Crippen molar-refractivity contribution < 1.29 is 14.1 Å². The lowest BCUT2D eigenvalue weighted by molar-refractivity contribution is -0.133. The normalized spacial score (nSPS) is 14.6. The third-order valence-electron chi connectivity index (χ3n) is 4.89. The van der Waals surface area contributed by atoms with Gasteiger partial charge in [0.1, 0.15) is 18.9 Å². The molecular weight excluding hydrogens is 388 g/mol. The molecule has 0 N–H and O–H groups in total. The van der Waals surface area contributed by atoms with E-state index in [1.165, 1.54) is 12.4 Å². The Balaban J connectivity index is 1.28. The molecule has 1 aromatic carbocycles. The number of ether oxygens (including phenoxy) is 1. The Morgan fingerprint density at radius 2 is 1.77 bits per heavy atom. The summed E-state index contributed by atoms with van der Waals surface area (Å²) in [6, 6.07) is 11.3. The Morgan fingerprint density at radius 1 is 1.03 bits per heavy atom. The maximum Gasteiger partial charge on any atom is 0.442 e. The lowest BCUT2D eigenvalue weighted by Gasteiger charge is -2.34. The number of carbonyl (C=O) groups is 1. The van der Waals surface area contributed by atoms with E-state index in [1.54, 1.807) is 11.0 Å². The summed E-state index contributed by atoms with van der Waals surface area (Å²) in [6.07, 6.45) is 3.07. The van der Waals surface area contributed by atoms with E-state index in [0.717, 1.165) is 30.0 Å². The van der Waals surface area contributed by atoms with Gasteiger partial charge >= 0.3 is 5.76 Å². The number of piperazine rings is 1. The fraction of sp³-hybridized carbons (Fsp3) is 0.350. The molecular formula is C20H22N6O4. The Morgan fingerprint density at radius 3 is 2.50 bits per heavy atom. The van der Waals surface area contributed by atoms with Crippen LogP contribution >= 0.6 is 0 Å². The van der Waals surface area contributed by atoms with Gasteiger partial charge < -0.3 is 9.64 Å². The highest BCUT2D eigenvalue weighted by atomic mass is 16.5. The van der Waals surface area contributed by atoms with Crippen LogP contribution in [0.3, 0.4) is 0 Å². The molecule has 0 saturated carbocycles. The molecule has 4 rings (SSSR count). The molecule has 1 amide bonds. The summed E-state index contributed by atoms with van der Waals surface area (Å²) in [5.74, 6) is 0.355. The minimum Gasteiger partial charge on any atom is -0.492 e. The van der Waals surface area contributed by atoms with E-state index in [9.17, 15) is 9.59 Å². The van der Waals surface area contributed by atoms with Crippen molar-refractivity contribution in [1.29, 1.82) is 0 Å². The van der Waals surface area contributed by atoms with Gasteiger partial charge in [-0.25, -0.2) is 19.3 Å². The number of amides is 1. The van der Waals surface area contributed by atoms with Crippen molar-refractivity contribution in [2.24, 2.45) is 0 Å². The number of para-hydroxylation sites is 1. The molecule has 0 unspecified atom stereocenters. The van der Waals surface area contributed by atoms with Gasteiger partial charge in [-0.15, -0.1) is 0 Å². The number of hydrogen-bond acceptors (Lipinski definition) is 8. The maximum atomic E-state index is 12.7. The zero-order valence-corrected chi connectivity index (χ0v) is 16.4. The summed E-state index contributed by atoms with van der Waals surface area (Å²) in [5, 5.41) is 3.71. The van der Waals surface area contributed by atoms with Crippen LogP contribution in [-0.2, 0) is 11.3 Å². The minimum absolute atomic E-state index is 0.144. The summed E-state index contributed by atoms with van der Waals surface area (Å²) in [6.45, 7) is 3.88. The van der Waals surface area contributed by atoms with Gasteiger partial charge in [0, 0.05) is 45.1 Å². The van der Waals surface area contributed by atoms with Crippen LogP contribution in [0.1, 0.15) is 0 Å². The predicted octanol–water partition coefficient (Wildman–Crippen LogP) is 0.517. The SMILES string of the molecule is O=C(Cn1c(-c2ncccn2)noc1=O)N1CCN(CCOc2ccccc2)CC1. The second-order valence-electron chi connectivity index (χ2n) is 6.81. The number of carbonyl (C=O) groups excluding carboxylic acids is 1. The molecule has 10 nitrogen and oxygen atoms in total. The summed E-state index contributed by atoms with van der Waals surface area (Å²) in [7, 11) is 0. The Kier molecular flexibility index (Phi) is 6.14. The van der Waals surface area contributed by atoms with E-state index < -0.39 is 5.76 Å². The molecule has 1 aliphatic rings. The zero-order chi connectivity index (χ0) is 20.8. The average Bonchev–Trinajstić information content (AvgIpc) is 3.15. The summed E-state index contributed by atoms with van der Waals surface area (Å²) >= 11 is 0. The number of aromatic nitrogens is 4. The first-order chi connectivity index (χ1) is 14.7. The van der Waals surface area contributed by atoms with Crippen molar-refractivity contribution in [2.75, 3.05) is 39.3 Å². The second-order valence-corrected chi connectivity index (χ2v) is 6.81. The van der Waals surface area contributed by atoms with E-state index in [0.29, 0.717) is 19.7 Å². The van der Waals surface area contributed by atoms with Gasteiger partial charge in [-0.05, 0) is 18.2 Å². The van der Waals surface area contributed by atoms with E-state index in [2.05, 4.69) is 20.0 Å². The summed E-state index contributed by atoms with van der Waals surface area (Å²) in [5.41, 5.74) is 0. The van der Waals surface area contributed by atoms with Gasteiger partial charge in [-0.2, -0.15) is 0 Å². The average molecular weight is 410 g/mol. The number of nitrogens with zero attached hydrogens (tertiary/aromatic N) is 6. The topological polar surface area (TPSA) is 107 Å². The van der Waals surface area contributed by atoms with Gasteiger partial charge in [-0.1, -0.05) is 23.4 Å². The molecule has 2 aromatic heterocycles. The van der Waals surface area contributed by atoms with Gasteiger partial charge in [0.25, 0.3) is 0 Å². The highest BCUT2D eigenvalue weighted by molar-refractivity contribution is 5.76. The quantitative estimate of drug-likeness (QED) is 0.555. The second kappa shape index (κ2) is 9.31. The van der Waals surface area contributed by atoms with Crippen LogP contribution in [0.5, 0.6) is 5.75 Å². The molecule has 156 valence electrons. The van der Waals surface area contributed by atoms with Crippen LogP contribution in [0.4, 0.5) is 0 Å². The Labute approximate surface area is 172 Å². The van der Waals surface area contributed by atoms with Crippen LogP contribution < -0.4 is 10.5 Å². The fourth-order valence-corrected chi connectivity index (χ4v) is 3.25. The molecule has 0 radical (unpaired) electrons. The number of benzene rings is 1. The largest absolute Gasteiger partial charge is 0.492 e. The van der Waals surface area contributed by atoms with Crippen molar-refractivity contribution in [3.63, 3.8) is 0 Å². The minimum atomic E-state index is -0.706. The molecule has 0 atom stereocenters. The zero-order valence-electron chi connectivity index (χ0n) is 16.4. The van der Waals surface area contributed by atoms with E-state index in [-0.39, 0.29) is 24.1 Å². The first-order valence-electron chi connectivity index (χ1n) is 9.72. The lowest BCUT2D eigenvalue weighted by atomic mass is 10.3. The monoisotopic (exact) mass is 410 g/mol. The summed E-state index contributed by atoms with van der Waals surface area (Å²) in [4.78, 5) is 36.8. The van der Waals surface area contributed by atoms with Crippen molar-refractivity contribution >= 4 is 5.91 Å². The Hall–Kier alpha value is -3.53. The van der Waals surface area contributed by atoms with Gasteiger partial charge in [0.2, 0.25) is 11.7 Å². The molecule has 0 bridgehead atoms. The standard InChI is InChI=1S/C20H22N6O4/c27-17(15-26-19(23-30-20(26)28)18-21-7-4-8-22-18)25-11-9-24(10-12-25)13-14-29-16-5-2-1-3-6-16/h1-8H,9-15H2. The van der Waals surface area contributed by atoms with Crippen LogP contribution in [0, 0.1) is 0 Å².